The molecule has 1 N–H and O–H groups in total. The summed E-state index contributed by atoms with van der Waals surface area (Å²) in [6.07, 6.45) is 0.785. The maximum Gasteiger partial charge on any atom is 0.183 e. The van der Waals surface area contributed by atoms with Crippen molar-refractivity contribution in [1.82, 2.24) is 10.2 Å². The molecule has 1 heterocycles. The topological polar surface area (TPSA) is 83.6 Å². The average Bonchev–Trinajstić information content (AvgIpc) is 2.80. The fourth-order valence-corrected chi connectivity index (χ4v) is 7.51. The second-order valence-electron chi connectivity index (χ2n) is 6.33. The van der Waals surface area contributed by atoms with E-state index in [0.29, 0.717) is 6.54 Å². The van der Waals surface area contributed by atoms with Crippen molar-refractivity contribution in [2.75, 3.05) is 38.7 Å². The van der Waals surface area contributed by atoms with E-state index in [-0.39, 0.29) is 10.6 Å². The number of rotatable bonds is 7. The quantitative estimate of drug-likeness (QED) is 0.543. The van der Waals surface area contributed by atoms with Crippen LogP contribution in [0.15, 0.2) is 29.2 Å². The van der Waals surface area contributed by atoms with E-state index in [1.807, 2.05) is 19.0 Å². The first kappa shape index (κ1) is 19.3. The van der Waals surface area contributed by atoms with E-state index < -0.39 is 42.5 Å². The van der Waals surface area contributed by atoms with Gasteiger partial charge in [-0.3, -0.25) is 0 Å². The number of sulfone groups is 2. The summed E-state index contributed by atoms with van der Waals surface area (Å²) in [5.41, 5.74) is 0. The highest BCUT2D eigenvalue weighted by atomic mass is 32.2. The summed E-state index contributed by atoms with van der Waals surface area (Å²) in [5, 5.41) is 2.02. The Morgan fingerprint density at radius 3 is 2.42 bits per heavy atom. The van der Waals surface area contributed by atoms with E-state index in [1.54, 1.807) is 0 Å². The zero-order valence-electron chi connectivity index (χ0n) is 13.8. The molecule has 0 aromatic heterocycles. The van der Waals surface area contributed by atoms with Gasteiger partial charge < -0.3 is 10.2 Å². The summed E-state index contributed by atoms with van der Waals surface area (Å²) in [6, 6.07) is 3.84. The van der Waals surface area contributed by atoms with Gasteiger partial charge in [-0.15, -0.1) is 0 Å². The molecule has 9 heteroatoms. The Labute approximate surface area is 142 Å². The largest absolute Gasteiger partial charge is 0.312 e. The molecule has 2 rings (SSSR count). The maximum absolute atomic E-state index is 13.0. The van der Waals surface area contributed by atoms with E-state index in [9.17, 15) is 21.2 Å². The zero-order valence-corrected chi connectivity index (χ0v) is 15.4. The summed E-state index contributed by atoms with van der Waals surface area (Å²) in [7, 11) is -3.41. The number of nitrogens with one attached hydrogen (secondary N) is 1. The standard InChI is InChI=1S/C15H23FN2O4S2/c1-18(2)9-3-8-17-14-10-23(19,20)11-15(14)24(21,22)13-6-4-12(16)5-7-13/h4-7,14-15,17H,3,8-11H2,1-2H3/t14-,15-/m0/s1. The molecular weight excluding hydrogens is 355 g/mol. The molecule has 136 valence electrons. The summed E-state index contributed by atoms with van der Waals surface area (Å²) in [4.78, 5) is 1.95. The molecule has 24 heavy (non-hydrogen) atoms. The van der Waals surface area contributed by atoms with Crippen LogP contribution in [0.1, 0.15) is 6.42 Å². The molecule has 0 bridgehead atoms. The number of halogens is 1. The van der Waals surface area contributed by atoms with Crippen molar-refractivity contribution < 1.29 is 21.2 Å². The smallest absolute Gasteiger partial charge is 0.183 e. The van der Waals surface area contributed by atoms with Crippen molar-refractivity contribution in [1.29, 1.82) is 0 Å². The van der Waals surface area contributed by atoms with E-state index in [1.165, 1.54) is 12.1 Å². The molecule has 1 aliphatic rings. The highest BCUT2D eigenvalue weighted by Gasteiger charge is 2.45. The minimum absolute atomic E-state index is 0.0499. The Bertz CT molecular complexity index is 761. The predicted molar refractivity (Wildman–Crippen MR) is 91.0 cm³/mol. The molecule has 1 aromatic rings. The molecule has 6 nitrogen and oxygen atoms in total. The molecule has 1 fully saturated rings. The second kappa shape index (κ2) is 7.47. The molecular formula is C15H23FN2O4S2. The minimum Gasteiger partial charge on any atom is -0.312 e. The summed E-state index contributed by atoms with van der Waals surface area (Å²) in [6.45, 7) is 1.36. The first-order valence-electron chi connectivity index (χ1n) is 7.70. The molecule has 0 amide bonds. The van der Waals surface area contributed by atoms with Crippen LogP contribution in [0.5, 0.6) is 0 Å². The van der Waals surface area contributed by atoms with Crippen LogP contribution < -0.4 is 5.32 Å². The molecule has 0 saturated carbocycles. The Morgan fingerprint density at radius 1 is 1.21 bits per heavy atom. The zero-order chi connectivity index (χ0) is 18.0. The van der Waals surface area contributed by atoms with E-state index >= 15 is 0 Å². The third kappa shape index (κ3) is 4.75. The lowest BCUT2D eigenvalue weighted by Crippen LogP contribution is -2.44. The Hall–Kier alpha value is -1.03. The Balaban J connectivity index is 2.16. The van der Waals surface area contributed by atoms with Crippen LogP contribution in [0.3, 0.4) is 0 Å². The van der Waals surface area contributed by atoms with Gasteiger partial charge in [-0.1, -0.05) is 0 Å². The van der Waals surface area contributed by atoms with Crippen LogP contribution in [0.4, 0.5) is 4.39 Å². The van der Waals surface area contributed by atoms with E-state index in [2.05, 4.69) is 5.32 Å². The van der Waals surface area contributed by atoms with Crippen molar-refractivity contribution in [3.63, 3.8) is 0 Å². The van der Waals surface area contributed by atoms with Gasteiger partial charge in [0.15, 0.2) is 19.7 Å². The lowest BCUT2D eigenvalue weighted by atomic mass is 10.2. The molecule has 0 spiro atoms. The van der Waals surface area contributed by atoms with Gasteiger partial charge in [0.1, 0.15) is 5.82 Å². The minimum atomic E-state index is -3.85. The van der Waals surface area contributed by atoms with Crippen LogP contribution in [0.25, 0.3) is 0 Å². The summed E-state index contributed by atoms with van der Waals surface area (Å²) < 4.78 is 62.4. The molecule has 1 saturated heterocycles. The Morgan fingerprint density at radius 2 is 1.83 bits per heavy atom. The van der Waals surface area contributed by atoms with Gasteiger partial charge in [-0.05, 0) is 57.9 Å². The van der Waals surface area contributed by atoms with Crippen molar-refractivity contribution in [3.05, 3.63) is 30.1 Å². The molecule has 2 atom stereocenters. The third-order valence-corrected chi connectivity index (χ3v) is 8.20. The van der Waals surface area contributed by atoms with Crippen molar-refractivity contribution in [2.45, 2.75) is 22.6 Å². The summed E-state index contributed by atoms with van der Waals surface area (Å²) in [5.74, 6) is -1.13. The first-order chi connectivity index (χ1) is 11.1. The molecule has 0 aliphatic carbocycles. The highest BCUT2D eigenvalue weighted by Crippen LogP contribution is 2.26. The van der Waals surface area contributed by atoms with E-state index in [0.717, 1.165) is 25.1 Å². The van der Waals surface area contributed by atoms with Crippen molar-refractivity contribution in [2.24, 2.45) is 0 Å². The highest BCUT2D eigenvalue weighted by molar-refractivity contribution is 7.96. The van der Waals surface area contributed by atoms with Crippen LogP contribution in [-0.4, -0.2) is 71.7 Å². The van der Waals surface area contributed by atoms with E-state index in [4.69, 9.17) is 0 Å². The normalized spacial score (nSPS) is 23.7. The molecule has 1 aromatic carbocycles. The number of nitrogens with zero attached hydrogens (tertiary/aromatic N) is 1. The van der Waals surface area contributed by atoms with Crippen LogP contribution in [-0.2, 0) is 19.7 Å². The van der Waals surface area contributed by atoms with Gasteiger partial charge in [0.2, 0.25) is 0 Å². The molecule has 0 radical (unpaired) electrons. The average molecular weight is 378 g/mol. The summed E-state index contributed by atoms with van der Waals surface area (Å²) >= 11 is 0. The first-order valence-corrected chi connectivity index (χ1v) is 11.1. The van der Waals surface area contributed by atoms with Gasteiger partial charge in [-0.2, -0.15) is 0 Å². The van der Waals surface area contributed by atoms with Crippen LogP contribution in [0.2, 0.25) is 0 Å². The fraction of sp³-hybridized carbons (Fsp3) is 0.600. The van der Waals surface area contributed by atoms with Gasteiger partial charge in [0, 0.05) is 6.04 Å². The van der Waals surface area contributed by atoms with Gasteiger partial charge in [0.05, 0.1) is 21.7 Å². The van der Waals surface area contributed by atoms with Crippen molar-refractivity contribution in [3.8, 4) is 0 Å². The fourth-order valence-electron chi connectivity index (χ4n) is 2.79. The van der Waals surface area contributed by atoms with Gasteiger partial charge >= 0.3 is 0 Å². The predicted octanol–water partition coefficient (Wildman–Crippen LogP) is 0.306. The number of hydrogen-bond donors (Lipinski definition) is 1. The monoisotopic (exact) mass is 378 g/mol. The number of hydrogen-bond acceptors (Lipinski definition) is 6. The lowest BCUT2D eigenvalue weighted by molar-refractivity contribution is 0.388. The number of benzene rings is 1. The van der Waals surface area contributed by atoms with Crippen LogP contribution >= 0.6 is 0 Å². The SMILES string of the molecule is CN(C)CCCN[C@H]1CS(=O)(=O)C[C@@H]1S(=O)(=O)c1ccc(F)cc1. The van der Waals surface area contributed by atoms with Crippen LogP contribution in [0, 0.1) is 5.82 Å². The Kier molecular flexibility index (Phi) is 6.00. The van der Waals surface area contributed by atoms with Gasteiger partial charge in [-0.25, -0.2) is 21.2 Å². The second-order valence-corrected chi connectivity index (χ2v) is 10.7. The molecule has 1 aliphatic heterocycles. The maximum atomic E-state index is 13.0. The molecule has 0 unspecified atom stereocenters. The van der Waals surface area contributed by atoms with Crippen molar-refractivity contribution >= 4 is 19.7 Å². The lowest BCUT2D eigenvalue weighted by Gasteiger charge is -2.20. The third-order valence-electron chi connectivity index (χ3n) is 4.03. The van der Waals surface area contributed by atoms with Gasteiger partial charge in [0.25, 0.3) is 0 Å².